The van der Waals surface area contributed by atoms with Gasteiger partial charge in [0.25, 0.3) is 0 Å². The van der Waals surface area contributed by atoms with Crippen LogP contribution in [0.3, 0.4) is 0 Å². The smallest absolute Gasteiger partial charge is 0.189 e. The minimum atomic E-state index is 0.208. The predicted octanol–water partition coefficient (Wildman–Crippen LogP) is 3.24. The van der Waals surface area contributed by atoms with Gasteiger partial charge in [0.15, 0.2) is 12.0 Å². The van der Waals surface area contributed by atoms with E-state index in [1.54, 1.807) is 11.5 Å². The van der Waals surface area contributed by atoms with Crippen molar-refractivity contribution in [1.29, 1.82) is 0 Å². The van der Waals surface area contributed by atoms with Gasteiger partial charge in [-0.05, 0) is 19.4 Å². The third-order valence-electron chi connectivity index (χ3n) is 3.67. The van der Waals surface area contributed by atoms with Crippen LogP contribution < -0.4 is 5.73 Å². The van der Waals surface area contributed by atoms with Gasteiger partial charge < -0.3 is 10.8 Å². The standard InChI is InChI=1S/C16H19N4O/c1-3-4-9-13-19-14-15(20(13)10(2)21)11-7-5-6-8-12(11)18-16(14)17/h5-8,21H,3-4,9H2,1-2H3,(H2,17,18). The Bertz CT molecular complexity index is 792. The van der Waals surface area contributed by atoms with E-state index in [0.29, 0.717) is 11.3 Å². The minimum absolute atomic E-state index is 0.208. The van der Waals surface area contributed by atoms with Crippen LogP contribution in [0.1, 0.15) is 32.5 Å². The molecule has 0 bridgehead atoms. The Balaban J connectivity index is 2.38. The number of para-hydroxylation sites is 1. The summed E-state index contributed by atoms with van der Waals surface area (Å²) in [6, 6.07) is 7.78. The van der Waals surface area contributed by atoms with Crippen molar-refractivity contribution in [3.05, 3.63) is 36.3 Å². The molecule has 0 amide bonds. The molecular weight excluding hydrogens is 264 g/mol. The first kappa shape index (κ1) is 13.8. The third kappa shape index (κ3) is 2.23. The fourth-order valence-corrected chi connectivity index (χ4v) is 2.70. The van der Waals surface area contributed by atoms with Crippen molar-refractivity contribution in [2.45, 2.75) is 33.1 Å². The molecule has 0 atom stereocenters. The Hall–Kier alpha value is -2.14. The van der Waals surface area contributed by atoms with E-state index in [0.717, 1.165) is 41.5 Å². The lowest BCUT2D eigenvalue weighted by Gasteiger charge is -2.12. The average molecular weight is 283 g/mol. The number of imidazole rings is 1. The number of nitrogens with two attached hydrogens (primary N) is 1. The summed E-state index contributed by atoms with van der Waals surface area (Å²) in [5, 5.41) is 11.1. The van der Waals surface area contributed by atoms with Gasteiger partial charge in [-0.2, -0.15) is 0 Å². The molecule has 2 heterocycles. The van der Waals surface area contributed by atoms with Gasteiger partial charge in [-0.3, -0.25) is 4.57 Å². The lowest BCUT2D eigenvalue weighted by Crippen LogP contribution is -2.09. The molecule has 3 N–H and O–H groups in total. The summed E-state index contributed by atoms with van der Waals surface area (Å²) in [5.41, 5.74) is 8.37. The molecule has 3 aromatic rings. The molecule has 3 rings (SSSR count). The molecule has 1 aromatic carbocycles. The number of aliphatic hydroxyl groups excluding tert-OH is 1. The number of rotatable bonds is 4. The van der Waals surface area contributed by atoms with E-state index in [2.05, 4.69) is 16.9 Å². The largest absolute Gasteiger partial charge is 0.382 e. The molecule has 0 spiro atoms. The first-order valence-corrected chi connectivity index (χ1v) is 7.22. The molecule has 0 saturated heterocycles. The van der Waals surface area contributed by atoms with Crippen molar-refractivity contribution in [2.24, 2.45) is 0 Å². The highest BCUT2D eigenvalue weighted by molar-refractivity contribution is 6.06. The van der Waals surface area contributed by atoms with Crippen molar-refractivity contribution < 1.29 is 5.11 Å². The van der Waals surface area contributed by atoms with Crippen molar-refractivity contribution in [3.63, 3.8) is 0 Å². The first-order chi connectivity index (χ1) is 10.1. The molecule has 1 radical (unpaired) electrons. The van der Waals surface area contributed by atoms with Gasteiger partial charge in [-0.1, -0.05) is 31.5 Å². The zero-order valence-corrected chi connectivity index (χ0v) is 12.3. The van der Waals surface area contributed by atoms with E-state index >= 15 is 0 Å². The van der Waals surface area contributed by atoms with Crippen LogP contribution in [0.2, 0.25) is 0 Å². The Morgan fingerprint density at radius 3 is 2.76 bits per heavy atom. The molecular formula is C16H19N4O. The van der Waals surface area contributed by atoms with Crippen LogP contribution >= 0.6 is 0 Å². The Morgan fingerprint density at radius 2 is 2.05 bits per heavy atom. The molecule has 0 unspecified atom stereocenters. The average Bonchev–Trinajstić information content (AvgIpc) is 2.85. The maximum Gasteiger partial charge on any atom is 0.189 e. The molecule has 0 saturated carbocycles. The number of nitrogen functional groups attached to an aromatic ring is 1. The van der Waals surface area contributed by atoms with Crippen molar-refractivity contribution in [3.8, 4) is 0 Å². The van der Waals surface area contributed by atoms with Crippen molar-refractivity contribution in [1.82, 2.24) is 14.5 Å². The van der Waals surface area contributed by atoms with Crippen LogP contribution in [0.4, 0.5) is 5.82 Å². The maximum atomic E-state index is 10.1. The fraction of sp³-hybridized carbons (Fsp3) is 0.312. The van der Waals surface area contributed by atoms with Gasteiger partial charge in [0.05, 0.1) is 11.0 Å². The van der Waals surface area contributed by atoms with E-state index in [9.17, 15) is 5.11 Å². The summed E-state index contributed by atoms with van der Waals surface area (Å²) < 4.78 is 1.80. The van der Waals surface area contributed by atoms with Crippen LogP contribution in [-0.4, -0.2) is 19.6 Å². The van der Waals surface area contributed by atoms with Crippen LogP contribution in [0.15, 0.2) is 24.3 Å². The second-order valence-electron chi connectivity index (χ2n) is 5.23. The number of anilines is 1. The number of aliphatic hydroxyl groups is 1. The predicted molar refractivity (Wildman–Crippen MR) is 84.3 cm³/mol. The molecule has 0 aliphatic rings. The van der Waals surface area contributed by atoms with Crippen molar-refractivity contribution in [2.75, 3.05) is 5.73 Å². The number of aryl methyl sites for hydroxylation is 1. The summed E-state index contributed by atoms with van der Waals surface area (Å²) in [6.45, 7) is 3.80. The number of hydrogen-bond acceptors (Lipinski definition) is 4. The molecule has 0 aliphatic carbocycles. The van der Waals surface area contributed by atoms with Gasteiger partial charge in [0, 0.05) is 11.8 Å². The lowest BCUT2D eigenvalue weighted by molar-refractivity contribution is 0.278. The number of fused-ring (bicyclic) bond motifs is 3. The van der Waals surface area contributed by atoms with Gasteiger partial charge in [-0.25, -0.2) is 9.97 Å². The van der Waals surface area contributed by atoms with E-state index in [-0.39, 0.29) is 6.23 Å². The summed E-state index contributed by atoms with van der Waals surface area (Å²) in [4.78, 5) is 9.02. The van der Waals surface area contributed by atoms with Gasteiger partial charge in [0.2, 0.25) is 0 Å². The topological polar surface area (TPSA) is 77.0 Å². The number of pyridine rings is 1. The number of unbranched alkanes of at least 4 members (excludes halogenated alkanes) is 1. The highest BCUT2D eigenvalue weighted by Gasteiger charge is 2.19. The summed E-state index contributed by atoms with van der Waals surface area (Å²) >= 11 is 0. The van der Waals surface area contributed by atoms with E-state index < -0.39 is 0 Å². The number of nitrogens with zero attached hydrogens (tertiary/aromatic N) is 3. The molecule has 21 heavy (non-hydrogen) atoms. The molecule has 109 valence electrons. The van der Waals surface area contributed by atoms with Crippen LogP contribution in [0.25, 0.3) is 21.9 Å². The summed E-state index contributed by atoms with van der Waals surface area (Å²) in [5.74, 6) is 1.23. The van der Waals surface area contributed by atoms with Crippen LogP contribution in [0, 0.1) is 6.23 Å². The molecule has 0 aliphatic heterocycles. The zero-order chi connectivity index (χ0) is 15.0. The third-order valence-corrected chi connectivity index (χ3v) is 3.67. The molecule has 0 fully saturated rings. The minimum Gasteiger partial charge on any atom is -0.382 e. The normalized spacial score (nSPS) is 11.8. The SMILES string of the molecule is CCCCc1nc2c(N)nc3ccccc3c2n1[C](C)O. The summed E-state index contributed by atoms with van der Waals surface area (Å²) in [7, 11) is 0. The first-order valence-electron chi connectivity index (χ1n) is 7.22. The number of hydrogen-bond donors (Lipinski definition) is 2. The second kappa shape index (κ2) is 5.33. The Labute approximate surface area is 123 Å². The van der Waals surface area contributed by atoms with E-state index in [4.69, 9.17) is 5.73 Å². The van der Waals surface area contributed by atoms with Gasteiger partial charge in [-0.15, -0.1) is 0 Å². The summed E-state index contributed by atoms with van der Waals surface area (Å²) in [6.07, 6.45) is 3.10. The van der Waals surface area contributed by atoms with Gasteiger partial charge in [0.1, 0.15) is 11.3 Å². The number of aromatic nitrogens is 3. The maximum absolute atomic E-state index is 10.1. The highest BCUT2D eigenvalue weighted by Crippen LogP contribution is 2.30. The van der Waals surface area contributed by atoms with Crippen LogP contribution in [0.5, 0.6) is 0 Å². The quantitative estimate of drug-likeness (QED) is 0.770. The Morgan fingerprint density at radius 1 is 1.29 bits per heavy atom. The zero-order valence-electron chi connectivity index (χ0n) is 12.3. The fourth-order valence-electron chi connectivity index (χ4n) is 2.70. The molecule has 5 nitrogen and oxygen atoms in total. The Kier molecular flexibility index (Phi) is 3.51. The number of benzene rings is 1. The van der Waals surface area contributed by atoms with Gasteiger partial charge >= 0.3 is 0 Å². The van der Waals surface area contributed by atoms with E-state index in [1.807, 2.05) is 24.3 Å². The monoisotopic (exact) mass is 283 g/mol. The van der Waals surface area contributed by atoms with E-state index in [1.165, 1.54) is 0 Å². The lowest BCUT2D eigenvalue weighted by atomic mass is 10.2. The molecule has 5 heteroatoms. The second-order valence-corrected chi connectivity index (χ2v) is 5.23. The highest BCUT2D eigenvalue weighted by atomic mass is 16.3. The molecule has 2 aromatic heterocycles. The van der Waals surface area contributed by atoms with Crippen LogP contribution in [-0.2, 0) is 6.42 Å². The van der Waals surface area contributed by atoms with Crippen molar-refractivity contribution >= 4 is 27.8 Å².